The van der Waals surface area contributed by atoms with E-state index in [1.165, 1.54) is 0 Å². The van der Waals surface area contributed by atoms with Crippen molar-refractivity contribution in [3.05, 3.63) is 23.8 Å². The zero-order valence-corrected chi connectivity index (χ0v) is 13.2. The van der Waals surface area contributed by atoms with Crippen LogP contribution in [0.2, 0.25) is 0 Å². The van der Waals surface area contributed by atoms with Crippen LogP contribution in [0, 0.1) is 0 Å². The van der Waals surface area contributed by atoms with Gasteiger partial charge in [0.25, 0.3) is 0 Å². The Balaban J connectivity index is 2.28. The Labute approximate surface area is 125 Å². The van der Waals surface area contributed by atoms with Gasteiger partial charge in [-0.1, -0.05) is 0 Å². The van der Waals surface area contributed by atoms with Gasteiger partial charge in [0.1, 0.15) is 11.5 Å². The molecule has 6 nitrogen and oxygen atoms in total. The lowest BCUT2D eigenvalue weighted by Crippen LogP contribution is -2.44. The van der Waals surface area contributed by atoms with Crippen LogP contribution < -0.4 is 15.2 Å². The molecule has 1 aromatic carbocycles. The SMILES string of the molecule is COc1ccc(OC)c(C(CN)N2CCS(=O)(=O)CC2)c1. The predicted octanol–water partition coefficient (Wildman–Crippen LogP) is 0.434. The fraction of sp³-hybridized carbons (Fsp3) is 0.571. The number of ether oxygens (including phenoxy) is 2. The van der Waals surface area contributed by atoms with Gasteiger partial charge in [-0.15, -0.1) is 0 Å². The summed E-state index contributed by atoms with van der Waals surface area (Å²) in [6.45, 7) is 1.37. The molecule has 1 aliphatic rings. The zero-order chi connectivity index (χ0) is 15.5. The van der Waals surface area contributed by atoms with Crippen molar-refractivity contribution in [2.45, 2.75) is 6.04 Å². The summed E-state index contributed by atoms with van der Waals surface area (Å²) in [4.78, 5) is 2.10. The Hall–Kier alpha value is -1.31. The summed E-state index contributed by atoms with van der Waals surface area (Å²) < 4.78 is 33.8. The summed E-state index contributed by atoms with van der Waals surface area (Å²) in [6, 6.07) is 5.50. The first-order valence-electron chi connectivity index (χ1n) is 6.87. The van der Waals surface area contributed by atoms with Gasteiger partial charge >= 0.3 is 0 Å². The third-order valence-corrected chi connectivity index (χ3v) is 5.45. The third-order valence-electron chi connectivity index (χ3n) is 3.84. The summed E-state index contributed by atoms with van der Waals surface area (Å²) >= 11 is 0. The first-order valence-corrected chi connectivity index (χ1v) is 8.69. The normalized spacial score (nSPS) is 20.0. The summed E-state index contributed by atoms with van der Waals surface area (Å²) in [5.41, 5.74) is 6.86. The van der Waals surface area contributed by atoms with Gasteiger partial charge in [-0.25, -0.2) is 8.42 Å². The van der Waals surface area contributed by atoms with Crippen LogP contribution in [0.15, 0.2) is 18.2 Å². The fourth-order valence-corrected chi connectivity index (χ4v) is 3.84. The van der Waals surface area contributed by atoms with Crippen LogP contribution in [-0.4, -0.2) is 58.7 Å². The molecule has 0 amide bonds. The maximum atomic E-state index is 11.6. The Morgan fingerprint density at radius 3 is 2.43 bits per heavy atom. The molecule has 0 spiro atoms. The van der Waals surface area contributed by atoms with Crippen LogP contribution in [0.5, 0.6) is 11.5 Å². The predicted molar refractivity (Wildman–Crippen MR) is 81.6 cm³/mol. The zero-order valence-electron chi connectivity index (χ0n) is 12.4. The van der Waals surface area contributed by atoms with Crippen LogP contribution in [0.4, 0.5) is 0 Å². The molecule has 1 saturated heterocycles. The number of sulfone groups is 1. The van der Waals surface area contributed by atoms with Gasteiger partial charge in [-0.3, -0.25) is 4.90 Å². The van der Waals surface area contributed by atoms with Crippen LogP contribution in [-0.2, 0) is 9.84 Å². The second-order valence-electron chi connectivity index (χ2n) is 5.05. The molecular weight excluding hydrogens is 292 g/mol. The van der Waals surface area contributed by atoms with Crippen LogP contribution >= 0.6 is 0 Å². The minimum absolute atomic E-state index is 0.0782. The highest BCUT2D eigenvalue weighted by atomic mass is 32.2. The van der Waals surface area contributed by atoms with Crippen LogP contribution in [0.25, 0.3) is 0 Å². The minimum atomic E-state index is -2.91. The molecule has 2 N–H and O–H groups in total. The first kappa shape index (κ1) is 16.1. The molecule has 118 valence electrons. The summed E-state index contributed by atoms with van der Waals surface area (Å²) in [5, 5.41) is 0. The van der Waals surface area contributed by atoms with E-state index < -0.39 is 9.84 Å². The average molecular weight is 314 g/mol. The molecule has 21 heavy (non-hydrogen) atoms. The van der Waals surface area contributed by atoms with Crippen molar-refractivity contribution in [3.63, 3.8) is 0 Å². The molecule has 0 aromatic heterocycles. The summed E-state index contributed by atoms with van der Waals surface area (Å²) in [7, 11) is 0.312. The third kappa shape index (κ3) is 3.66. The van der Waals surface area contributed by atoms with Crippen molar-refractivity contribution < 1.29 is 17.9 Å². The fourth-order valence-electron chi connectivity index (χ4n) is 2.61. The van der Waals surface area contributed by atoms with E-state index in [4.69, 9.17) is 15.2 Å². The molecule has 7 heteroatoms. The van der Waals surface area contributed by atoms with E-state index in [0.717, 1.165) is 17.1 Å². The van der Waals surface area contributed by atoms with Gasteiger partial charge in [0, 0.05) is 25.2 Å². The van der Waals surface area contributed by atoms with Gasteiger partial charge < -0.3 is 15.2 Å². The average Bonchev–Trinajstić information content (AvgIpc) is 2.49. The van der Waals surface area contributed by atoms with Crippen molar-refractivity contribution in [2.24, 2.45) is 5.73 Å². The standard InChI is InChI=1S/C14H22N2O4S/c1-19-11-3-4-14(20-2)12(9-11)13(10-15)16-5-7-21(17,18)8-6-16/h3-4,9,13H,5-8,10,15H2,1-2H3. The Kier molecular flexibility index (Phi) is 5.08. The lowest BCUT2D eigenvalue weighted by Gasteiger charge is -2.34. The van der Waals surface area contributed by atoms with Crippen molar-refractivity contribution in [1.29, 1.82) is 0 Å². The lowest BCUT2D eigenvalue weighted by molar-refractivity contribution is 0.214. The Bertz CT molecular complexity index is 575. The van der Waals surface area contributed by atoms with Crippen molar-refractivity contribution >= 4 is 9.84 Å². The van der Waals surface area contributed by atoms with Gasteiger partial charge in [0.05, 0.1) is 31.8 Å². The van der Waals surface area contributed by atoms with Gasteiger partial charge in [0.2, 0.25) is 0 Å². The quantitative estimate of drug-likeness (QED) is 0.849. The molecule has 2 rings (SSSR count). The lowest BCUT2D eigenvalue weighted by atomic mass is 10.0. The van der Waals surface area contributed by atoms with Gasteiger partial charge in [-0.2, -0.15) is 0 Å². The number of rotatable bonds is 5. The van der Waals surface area contributed by atoms with E-state index in [-0.39, 0.29) is 17.5 Å². The summed E-state index contributed by atoms with van der Waals surface area (Å²) in [6.07, 6.45) is 0. The molecule has 1 unspecified atom stereocenters. The van der Waals surface area contributed by atoms with E-state index in [1.807, 2.05) is 18.2 Å². The van der Waals surface area contributed by atoms with Crippen LogP contribution in [0.3, 0.4) is 0 Å². The maximum Gasteiger partial charge on any atom is 0.152 e. The van der Waals surface area contributed by atoms with Gasteiger partial charge in [0.15, 0.2) is 9.84 Å². The monoisotopic (exact) mass is 314 g/mol. The number of nitrogens with two attached hydrogens (primary N) is 1. The second-order valence-corrected chi connectivity index (χ2v) is 7.35. The molecule has 1 fully saturated rings. The number of methoxy groups -OCH3 is 2. The maximum absolute atomic E-state index is 11.6. The molecule has 1 aliphatic heterocycles. The van der Waals surface area contributed by atoms with Crippen molar-refractivity contribution in [3.8, 4) is 11.5 Å². The van der Waals surface area contributed by atoms with E-state index in [2.05, 4.69) is 4.90 Å². The molecule has 0 aliphatic carbocycles. The van der Waals surface area contributed by atoms with E-state index in [0.29, 0.717) is 19.6 Å². The largest absolute Gasteiger partial charge is 0.497 e. The first-order chi connectivity index (χ1) is 10.0. The van der Waals surface area contributed by atoms with Crippen molar-refractivity contribution in [1.82, 2.24) is 4.90 Å². The minimum Gasteiger partial charge on any atom is -0.497 e. The van der Waals surface area contributed by atoms with Crippen molar-refractivity contribution in [2.75, 3.05) is 45.4 Å². The van der Waals surface area contributed by atoms with E-state index >= 15 is 0 Å². The number of nitrogens with zero attached hydrogens (tertiary/aromatic N) is 1. The number of hydrogen-bond donors (Lipinski definition) is 1. The highest BCUT2D eigenvalue weighted by molar-refractivity contribution is 7.91. The Morgan fingerprint density at radius 1 is 1.24 bits per heavy atom. The molecule has 1 heterocycles. The number of benzene rings is 1. The topological polar surface area (TPSA) is 81.9 Å². The molecule has 0 radical (unpaired) electrons. The van der Waals surface area contributed by atoms with Crippen LogP contribution in [0.1, 0.15) is 11.6 Å². The number of hydrogen-bond acceptors (Lipinski definition) is 6. The van der Waals surface area contributed by atoms with E-state index in [9.17, 15) is 8.42 Å². The highest BCUT2D eigenvalue weighted by Crippen LogP contribution is 2.32. The summed E-state index contributed by atoms with van der Waals surface area (Å²) in [5.74, 6) is 1.82. The molecule has 0 bridgehead atoms. The molecule has 1 atom stereocenters. The highest BCUT2D eigenvalue weighted by Gasteiger charge is 2.29. The molecule has 1 aromatic rings. The molecule has 0 saturated carbocycles. The molecular formula is C14H22N2O4S. The second kappa shape index (κ2) is 6.64. The smallest absolute Gasteiger partial charge is 0.152 e. The van der Waals surface area contributed by atoms with Gasteiger partial charge in [-0.05, 0) is 18.2 Å². The Morgan fingerprint density at radius 2 is 1.90 bits per heavy atom. The van der Waals surface area contributed by atoms with E-state index in [1.54, 1.807) is 14.2 Å².